The van der Waals surface area contributed by atoms with Crippen LogP contribution in [0.2, 0.25) is 0 Å². The van der Waals surface area contributed by atoms with Crippen LogP contribution in [0.3, 0.4) is 0 Å². The molecular formula is C12H14BrN3O. The topological polar surface area (TPSA) is 51.0 Å². The van der Waals surface area contributed by atoms with Gasteiger partial charge in [-0.2, -0.15) is 4.98 Å². The predicted octanol–water partition coefficient (Wildman–Crippen LogP) is 2.53. The molecule has 0 bridgehead atoms. The average molecular weight is 296 g/mol. The van der Waals surface area contributed by atoms with Gasteiger partial charge in [0.2, 0.25) is 5.89 Å². The number of hydrogen-bond donors (Lipinski definition) is 1. The van der Waals surface area contributed by atoms with Gasteiger partial charge in [0, 0.05) is 10.9 Å². The number of hydrogen-bond acceptors (Lipinski definition) is 4. The average Bonchev–Trinajstić information content (AvgIpc) is 2.77. The standard InChI is InChI=1S/C12H14BrN3O/c1-2-14-8-12-15-11(16-17-12)7-9-5-3-4-6-10(9)13/h3-6,14H,2,7-8H2,1H3. The lowest BCUT2D eigenvalue weighted by Crippen LogP contribution is -2.11. The highest BCUT2D eigenvalue weighted by Gasteiger charge is 2.08. The number of nitrogens with zero attached hydrogens (tertiary/aromatic N) is 2. The second-order valence-corrected chi connectivity index (χ2v) is 4.51. The number of nitrogens with one attached hydrogen (secondary N) is 1. The lowest BCUT2D eigenvalue weighted by molar-refractivity contribution is 0.365. The van der Waals surface area contributed by atoms with Crippen molar-refractivity contribution in [2.75, 3.05) is 6.54 Å². The van der Waals surface area contributed by atoms with Crippen LogP contribution in [0, 0.1) is 0 Å². The minimum absolute atomic E-state index is 0.624. The third-order valence-electron chi connectivity index (χ3n) is 2.34. The van der Waals surface area contributed by atoms with E-state index in [9.17, 15) is 0 Å². The summed E-state index contributed by atoms with van der Waals surface area (Å²) in [6.07, 6.45) is 0.678. The van der Waals surface area contributed by atoms with Gasteiger partial charge in [-0.05, 0) is 18.2 Å². The molecule has 2 rings (SSSR count). The van der Waals surface area contributed by atoms with Crippen molar-refractivity contribution in [2.24, 2.45) is 0 Å². The molecule has 5 heteroatoms. The fraction of sp³-hybridized carbons (Fsp3) is 0.333. The van der Waals surface area contributed by atoms with Gasteiger partial charge in [0.25, 0.3) is 0 Å². The molecule has 1 heterocycles. The van der Waals surface area contributed by atoms with Gasteiger partial charge >= 0.3 is 0 Å². The third-order valence-corrected chi connectivity index (χ3v) is 3.12. The summed E-state index contributed by atoms with van der Waals surface area (Å²) in [5, 5.41) is 7.11. The van der Waals surface area contributed by atoms with E-state index in [1.807, 2.05) is 31.2 Å². The first-order valence-corrected chi connectivity index (χ1v) is 6.34. The molecule has 4 nitrogen and oxygen atoms in total. The Morgan fingerprint density at radius 2 is 2.18 bits per heavy atom. The molecule has 0 spiro atoms. The smallest absolute Gasteiger partial charge is 0.240 e. The SMILES string of the molecule is CCNCc1nc(Cc2ccccc2Br)no1. The van der Waals surface area contributed by atoms with E-state index in [0.717, 1.165) is 16.6 Å². The summed E-state index contributed by atoms with van der Waals surface area (Å²) in [6.45, 7) is 3.56. The minimum Gasteiger partial charge on any atom is -0.338 e. The van der Waals surface area contributed by atoms with Crippen LogP contribution in [-0.2, 0) is 13.0 Å². The maximum atomic E-state index is 5.14. The van der Waals surface area contributed by atoms with E-state index in [2.05, 4.69) is 31.4 Å². The highest BCUT2D eigenvalue weighted by molar-refractivity contribution is 9.10. The van der Waals surface area contributed by atoms with Gasteiger partial charge in [-0.3, -0.25) is 0 Å². The number of rotatable bonds is 5. The van der Waals surface area contributed by atoms with Crippen LogP contribution in [0.5, 0.6) is 0 Å². The Labute approximate surface area is 109 Å². The second-order valence-electron chi connectivity index (χ2n) is 3.65. The van der Waals surface area contributed by atoms with Crippen molar-refractivity contribution in [3.05, 3.63) is 46.0 Å². The lowest BCUT2D eigenvalue weighted by atomic mass is 10.1. The summed E-state index contributed by atoms with van der Waals surface area (Å²) >= 11 is 3.50. The molecule has 0 aliphatic heterocycles. The monoisotopic (exact) mass is 295 g/mol. The first kappa shape index (κ1) is 12.3. The summed E-state index contributed by atoms with van der Waals surface area (Å²) in [7, 11) is 0. The molecule has 90 valence electrons. The summed E-state index contributed by atoms with van der Waals surface area (Å²) in [5.74, 6) is 1.35. The zero-order chi connectivity index (χ0) is 12.1. The molecule has 1 aromatic carbocycles. The summed E-state index contributed by atoms with van der Waals surface area (Å²) in [5.41, 5.74) is 1.16. The first-order valence-electron chi connectivity index (χ1n) is 5.55. The Morgan fingerprint density at radius 3 is 2.94 bits per heavy atom. The molecule has 1 aromatic heterocycles. The first-order chi connectivity index (χ1) is 8.29. The van der Waals surface area contributed by atoms with Gasteiger partial charge in [-0.25, -0.2) is 0 Å². The zero-order valence-corrected chi connectivity index (χ0v) is 11.2. The van der Waals surface area contributed by atoms with E-state index in [-0.39, 0.29) is 0 Å². The van der Waals surface area contributed by atoms with E-state index in [0.29, 0.717) is 24.7 Å². The number of halogens is 1. The summed E-state index contributed by atoms with van der Waals surface area (Å²) in [4.78, 5) is 4.32. The number of benzene rings is 1. The van der Waals surface area contributed by atoms with Crippen LogP contribution in [0.15, 0.2) is 33.3 Å². The molecule has 0 unspecified atom stereocenters. The molecule has 0 amide bonds. The van der Waals surface area contributed by atoms with Crippen LogP contribution in [0.1, 0.15) is 24.2 Å². The Kier molecular flexibility index (Phi) is 4.28. The van der Waals surface area contributed by atoms with Crippen molar-refractivity contribution < 1.29 is 4.52 Å². The molecule has 0 aliphatic rings. The Hall–Kier alpha value is -1.20. The quantitative estimate of drug-likeness (QED) is 0.921. The maximum absolute atomic E-state index is 5.14. The Bertz CT molecular complexity index is 484. The van der Waals surface area contributed by atoms with Crippen molar-refractivity contribution >= 4 is 15.9 Å². The third kappa shape index (κ3) is 3.38. The van der Waals surface area contributed by atoms with E-state index in [1.54, 1.807) is 0 Å². The summed E-state index contributed by atoms with van der Waals surface area (Å²) < 4.78 is 6.21. The molecule has 1 N–H and O–H groups in total. The molecule has 0 atom stereocenters. The van der Waals surface area contributed by atoms with Crippen LogP contribution >= 0.6 is 15.9 Å². The van der Waals surface area contributed by atoms with Crippen molar-refractivity contribution in [3.63, 3.8) is 0 Å². The van der Waals surface area contributed by atoms with Gasteiger partial charge in [-0.1, -0.05) is 46.2 Å². The highest BCUT2D eigenvalue weighted by atomic mass is 79.9. The molecule has 2 aromatic rings. The molecule has 0 saturated heterocycles. The van der Waals surface area contributed by atoms with Crippen molar-refractivity contribution in [3.8, 4) is 0 Å². The van der Waals surface area contributed by atoms with Crippen molar-refractivity contribution in [2.45, 2.75) is 19.9 Å². The van der Waals surface area contributed by atoms with Gasteiger partial charge in [0.1, 0.15) is 0 Å². The van der Waals surface area contributed by atoms with Crippen LogP contribution in [0.25, 0.3) is 0 Å². The largest absolute Gasteiger partial charge is 0.338 e. The molecule has 17 heavy (non-hydrogen) atoms. The molecule has 0 radical (unpaired) electrons. The van der Waals surface area contributed by atoms with Gasteiger partial charge in [-0.15, -0.1) is 0 Å². The fourth-order valence-electron chi connectivity index (χ4n) is 1.48. The van der Waals surface area contributed by atoms with Gasteiger partial charge < -0.3 is 9.84 Å². The van der Waals surface area contributed by atoms with E-state index >= 15 is 0 Å². The van der Waals surface area contributed by atoms with E-state index in [4.69, 9.17) is 4.52 Å². The van der Waals surface area contributed by atoms with Crippen molar-refractivity contribution in [1.29, 1.82) is 0 Å². The highest BCUT2D eigenvalue weighted by Crippen LogP contribution is 2.18. The van der Waals surface area contributed by atoms with Crippen LogP contribution in [-0.4, -0.2) is 16.7 Å². The predicted molar refractivity (Wildman–Crippen MR) is 68.6 cm³/mol. The zero-order valence-electron chi connectivity index (χ0n) is 9.61. The van der Waals surface area contributed by atoms with E-state index < -0.39 is 0 Å². The Morgan fingerprint density at radius 1 is 1.35 bits per heavy atom. The molecular weight excluding hydrogens is 282 g/mol. The summed E-state index contributed by atoms with van der Waals surface area (Å²) in [6, 6.07) is 8.04. The van der Waals surface area contributed by atoms with Crippen LogP contribution < -0.4 is 5.32 Å². The second kappa shape index (κ2) is 5.93. The van der Waals surface area contributed by atoms with Gasteiger partial charge in [0.15, 0.2) is 5.82 Å². The Balaban J connectivity index is 2.04. The molecule has 0 saturated carbocycles. The lowest BCUT2D eigenvalue weighted by Gasteiger charge is -1.99. The molecule has 0 aliphatic carbocycles. The van der Waals surface area contributed by atoms with Gasteiger partial charge in [0.05, 0.1) is 6.54 Å². The molecule has 0 fully saturated rings. The normalized spacial score (nSPS) is 10.7. The fourth-order valence-corrected chi connectivity index (χ4v) is 1.90. The van der Waals surface area contributed by atoms with Crippen molar-refractivity contribution in [1.82, 2.24) is 15.5 Å². The minimum atomic E-state index is 0.624. The van der Waals surface area contributed by atoms with Crippen LogP contribution in [0.4, 0.5) is 0 Å². The van der Waals surface area contributed by atoms with E-state index in [1.165, 1.54) is 0 Å². The number of aromatic nitrogens is 2. The maximum Gasteiger partial charge on any atom is 0.240 e.